The first-order chi connectivity index (χ1) is 16.9. The summed E-state index contributed by atoms with van der Waals surface area (Å²) in [6, 6.07) is 6.06. The monoisotopic (exact) mass is 487 g/mol. The van der Waals surface area contributed by atoms with Gasteiger partial charge in [0, 0.05) is 12.1 Å². The molecule has 0 aliphatic heterocycles. The molecule has 2 aliphatic carbocycles. The molecule has 0 unspecified atom stereocenters. The van der Waals surface area contributed by atoms with Crippen LogP contribution in [0.3, 0.4) is 0 Å². The second-order valence-electron chi connectivity index (χ2n) is 9.44. The number of rotatable bonds is 7. The number of hydrogen-bond acceptors (Lipinski definition) is 5. The standard InChI is InChI=1S/C26H31F2N3O4/c27-17-6-12-21(13-7-17)35-26-22(14-18(28)15-29-26)24(33)30-19-8-10-20(11-9-19)31-25(34)23(32)16-4-2-1-3-5-16/h6-7,12-16,19-20,23,32H,1-5,8-11H2,(H,30,33)(H,31,34)/t19?,20?,23-/m0/s1. The van der Waals surface area contributed by atoms with Gasteiger partial charge >= 0.3 is 0 Å². The van der Waals surface area contributed by atoms with Gasteiger partial charge in [0.2, 0.25) is 11.8 Å². The van der Waals surface area contributed by atoms with E-state index in [2.05, 4.69) is 15.6 Å². The maximum atomic E-state index is 13.8. The van der Waals surface area contributed by atoms with E-state index in [1.54, 1.807) is 0 Å². The van der Waals surface area contributed by atoms with Gasteiger partial charge in [-0.1, -0.05) is 19.3 Å². The van der Waals surface area contributed by atoms with Crippen molar-refractivity contribution in [1.82, 2.24) is 15.6 Å². The van der Waals surface area contributed by atoms with Crippen molar-refractivity contribution in [2.75, 3.05) is 0 Å². The summed E-state index contributed by atoms with van der Waals surface area (Å²) in [5.41, 5.74) is -0.0552. The van der Waals surface area contributed by atoms with Crippen LogP contribution in [-0.4, -0.2) is 40.1 Å². The van der Waals surface area contributed by atoms with Crippen LogP contribution in [0.15, 0.2) is 36.5 Å². The summed E-state index contributed by atoms with van der Waals surface area (Å²) in [6.07, 6.45) is 7.60. The van der Waals surface area contributed by atoms with Crippen molar-refractivity contribution >= 4 is 11.8 Å². The van der Waals surface area contributed by atoms with Crippen molar-refractivity contribution in [2.45, 2.75) is 76.0 Å². The Kier molecular flexibility index (Phi) is 8.28. The van der Waals surface area contributed by atoms with Crippen LogP contribution in [-0.2, 0) is 4.79 Å². The van der Waals surface area contributed by atoms with Gasteiger partial charge in [-0.15, -0.1) is 0 Å². The van der Waals surface area contributed by atoms with E-state index in [-0.39, 0.29) is 41.1 Å². The molecule has 3 N–H and O–H groups in total. The highest BCUT2D eigenvalue weighted by Crippen LogP contribution is 2.28. The molecule has 188 valence electrons. The quantitative estimate of drug-likeness (QED) is 0.542. The second kappa shape index (κ2) is 11.6. The highest BCUT2D eigenvalue weighted by Gasteiger charge is 2.31. The van der Waals surface area contributed by atoms with Crippen LogP contribution in [0.4, 0.5) is 8.78 Å². The summed E-state index contributed by atoms with van der Waals surface area (Å²) < 4.78 is 32.6. The number of carbonyl (C=O) groups is 2. The Morgan fingerprint density at radius 2 is 1.54 bits per heavy atom. The van der Waals surface area contributed by atoms with Crippen LogP contribution in [0.5, 0.6) is 11.6 Å². The van der Waals surface area contributed by atoms with Gasteiger partial charge in [0.15, 0.2) is 0 Å². The second-order valence-corrected chi connectivity index (χ2v) is 9.44. The Balaban J connectivity index is 1.30. The molecule has 0 spiro atoms. The van der Waals surface area contributed by atoms with E-state index < -0.39 is 23.6 Å². The number of carbonyl (C=O) groups excluding carboxylic acids is 2. The molecule has 2 aromatic rings. The van der Waals surface area contributed by atoms with E-state index in [4.69, 9.17) is 4.74 Å². The number of nitrogens with one attached hydrogen (secondary N) is 2. The molecule has 1 aromatic carbocycles. The number of nitrogens with zero attached hydrogens (tertiary/aromatic N) is 1. The van der Waals surface area contributed by atoms with Crippen molar-refractivity contribution in [3.8, 4) is 11.6 Å². The Morgan fingerprint density at radius 1 is 0.914 bits per heavy atom. The third-order valence-corrected chi connectivity index (χ3v) is 6.86. The van der Waals surface area contributed by atoms with E-state index >= 15 is 0 Å². The van der Waals surface area contributed by atoms with Crippen molar-refractivity contribution < 1.29 is 28.2 Å². The third-order valence-electron chi connectivity index (χ3n) is 6.86. The molecule has 4 rings (SSSR count). The highest BCUT2D eigenvalue weighted by molar-refractivity contribution is 5.96. The lowest BCUT2D eigenvalue weighted by Gasteiger charge is -2.32. The number of halogens is 2. The maximum absolute atomic E-state index is 13.8. The summed E-state index contributed by atoms with van der Waals surface area (Å²) in [4.78, 5) is 29.3. The fourth-order valence-electron chi connectivity index (χ4n) is 4.88. The molecule has 1 aromatic heterocycles. The normalized spacial score (nSPS) is 21.7. The lowest BCUT2D eigenvalue weighted by atomic mass is 9.84. The summed E-state index contributed by atoms with van der Waals surface area (Å²) in [5.74, 6) is -1.71. The fraction of sp³-hybridized carbons (Fsp3) is 0.500. The molecule has 2 fully saturated rings. The average molecular weight is 488 g/mol. The van der Waals surface area contributed by atoms with Crippen LogP contribution in [0, 0.1) is 17.6 Å². The molecule has 1 heterocycles. The lowest BCUT2D eigenvalue weighted by Crippen LogP contribution is -2.48. The minimum Gasteiger partial charge on any atom is -0.438 e. The minimum atomic E-state index is -0.965. The Morgan fingerprint density at radius 3 is 2.20 bits per heavy atom. The molecule has 7 nitrogen and oxygen atoms in total. The zero-order valence-corrected chi connectivity index (χ0v) is 19.5. The molecule has 2 aliphatic rings. The van der Waals surface area contributed by atoms with Crippen LogP contribution < -0.4 is 15.4 Å². The van der Waals surface area contributed by atoms with Gasteiger partial charge in [-0.2, -0.15) is 0 Å². The average Bonchev–Trinajstić information content (AvgIpc) is 2.87. The predicted molar refractivity (Wildman–Crippen MR) is 125 cm³/mol. The van der Waals surface area contributed by atoms with Gasteiger partial charge in [0.05, 0.1) is 6.20 Å². The van der Waals surface area contributed by atoms with Gasteiger partial charge in [-0.05, 0) is 74.8 Å². The smallest absolute Gasteiger partial charge is 0.257 e. The van der Waals surface area contributed by atoms with Gasteiger partial charge in [0.25, 0.3) is 5.91 Å². The lowest BCUT2D eigenvalue weighted by molar-refractivity contribution is -0.133. The van der Waals surface area contributed by atoms with Crippen molar-refractivity contribution in [1.29, 1.82) is 0 Å². The summed E-state index contributed by atoms with van der Waals surface area (Å²) in [7, 11) is 0. The van der Waals surface area contributed by atoms with Gasteiger partial charge in [0.1, 0.15) is 29.1 Å². The highest BCUT2D eigenvalue weighted by atomic mass is 19.1. The van der Waals surface area contributed by atoms with Crippen LogP contribution in [0.1, 0.15) is 68.1 Å². The zero-order valence-electron chi connectivity index (χ0n) is 19.5. The van der Waals surface area contributed by atoms with E-state index in [0.29, 0.717) is 25.7 Å². The minimum absolute atomic E-state index is 0.0329. The molecule has 0 saturated heterocycles. The summed E-state index contributed by atoms with van der Waals surface area (Å²) in [5, 5.41) is 16.3. The van der Waals surface area contributed by atoms with Crippen molar-refractivity contribution in [3.63, 3.8) is 0 Å². The first-order valence-corrected chi connectivity index (χ1v) is 12.3. The molecule has 2 saturated carbocycles. The maximum Gasteiger partial charge on any atom is 0.257 e. The summed E-state index contributed by atoms with van der Waals surface area (Å²) in [6.45, 7) is 0. The molecule has 0 bridgehead atoms. The first-order valence-electron chi connectivity index (χ1n) is 12.3. The molecule has 35 heavy (non-hydrogen) atoms. The van der Waals surface area contributed by atoms with Gasteiger partial charge in [-0.25, -0.2) is 13.8 Å². The van der Waals surface area contributed by atoms with E-state index in [9.17, 15) is 23.5 Å². The number of hydrogen-bond donors (Lipinski definition) is 3. The number of aliphatic hydroxyl groups is 1. The van der Waals surface area contributed by atoms with Crippen LogP contribution in [0.25, 0.3) is 0 Å². The number of ether oxygens (including phenoxy) is 1. The van der Waals surface area contributed by atoms with E-state index in [0.717, 1.165) is 44.4 Å². The number of benzene rings is 1. The molecule has 2 amide bonds. The summed E-state index contributed by atoms with van der Waals surface area (Å²) >= 11 is 0. The Hall–Kier alpha value is -3.07. The largest absolute Gasteiger partial charge is 0.438 e. The molecular weight excluding hydrogens is 456 g/mol. The first kappa shape index (κ1) is 25.0. The zero-order chi connectivity index (χ0) is 24.8. The van der Waals surface area contributed by atoms with E-state index in [1.165, 1.54) is 24.3 Å². The van der Waals surface area contributed by atoms with Crippen LogP contribution in [0.2, 0.25) is 0 Å². The molecule has 9 heteroatoms. The predicted octanol–water partition coefficient (Wildman–Crippen LogP) is 4.25. The number of aromatic nitrogens is 1. The Bertz CT molecular complexity index is 1020. The van der Waals surface area contributed by atoms with Crippen molar-refractivity contribution in [2.24, 2.45) is 5.92 Å². The number of amides is 2. The molecular formula is C26H31F2N3O4. The number of aliphatic hydroxyl groups excluding tert-OH is 1. The molecule has 1 atom stereocenters. The molecule has 0 radical (unpaired) electrons. The van der Waals surface area contributed by atoms with Gasteiger partial charge < -0.3 is 20.5 Å². The van der Waals surface area contributed by atoms with E-state index in [1.807, 2.05) is 0 Å². The van der Waals surface area contributed by atoms with Gasteiger partial charge in [-0.3, -0.25) is 9.59 Å². The van der Waals surface area contributed by atoms with Crippen LogP contribution >= 0.6 is 0 Å². The third kappa shape index (κ3) is 6.75. The van der Waals surface area contributed by atoms with Crippen molar-refractivity contribution in [3.05, 3.63) is 53.7 Å². The SMILES string of the molecule is O=C(NC1CCC(NC(=O)[C@@H](O)C2CCCCC2)CC1)c1cc(F)cnc1Oc1ccc(F)cc1. The topological polar surface area (TPSA) is 101 Å². The fourth-order valence-corrected chi connectivity index (χ4v) is 4.88. The number of pyridine rings is 1. The Labute approximate surface area is 203 Å².